The van der Waals surface area contributed by atoms with Gasteiger partial charge in [-0.3, -0.25) is 19.5 Å². The van der Waals surface area contributed by atoms with Crippen LogP contribution < -0.4 is 0 Å². The van der Waals surface area contributed by atoms with Crippen LogP contribution in [0.5, 0.6) is 0 Å². The standard InChI is InChI=1S/C21H25N3O4S/c1-5-21(19(27)28-4)16-15(17(25)23(3)18(16)26)14-10-22-20(24(14)21)29-11-13-8-6-12(2)7-9-13/h6-9,14-16H,5,10-11H2,1-4H3/t14-,15+,16-,21-/m1/s1. The Balaban J connectivity index is 1.69. The van der Waals surface area contributed by atoms with E-state index < -0.39 is 23.3 Å². The molecular weight excluding hydrogens is 390 g/mol. The minimum atomic E-state index is -1.20. The lowest BCUT2D eigenvalue weighted by Gasteiger charge is -2.39. The molecule has 4 atom stereocenters. The van der Waals surface area contributed by atoms with Gasteiger partial charge in [0.2, 0.25) is 11.8 Å². The number of thioether (sulfide) groups is 1. The van der Waals surface area contributed by atoms with E-state index in [0.717, 1.165) is 10.5 Å². The summed E-state index contributed by atoms with van der Waals surface area (Å²) in [4.78, 5) is 46.6. The third kappa shape index (κ3) is 2.72. The molecule has 154 valence electrons. The monoisotopic (exact) mass is 415 g/mol. The zero-order valence-corrected chi connectivity index (χ0v) is 17.9. The topological polar surface area (TPSA) is 79.3 Å². The number of fused-ring (bicyclic) bond motifs is 3. The minimum absolute atomic E-state index is 0.228. The Hall–Kier alpha value is -2.35. The van der Waals surface area contributed by atoms with Crippen LogP contribution in [0.3, 0.4) is 0 Å². The molecule has 3 heterocycles. The van der Waals surface area contributed by atoms with Gasteiger partial charge in [-0.15, -0.1) is 0 Å². The Kier molecular flexibility index (Phi) is 4.93. The van der Waals surface area contributed by atoms with Crippen molar-refractivity contribution in [2.75, 3.05) is 20.7 Å². The van der Waals surface area contributed by atoms with Crippen LogP contribution in [0.25, 0.3) is 0 Å². The van der Waals surface area contributed by atoms with E-state index in [1.54, 1.807) is 0 Å². The number of carbonyl (C=O) groups is 3. The molecule has 2 amide bonds. The van der Waals surface area contributed by atoms with Gasteiger partial charge in [0.25, 0.3) is 0 Å². The van der Waals surface area contributed by atoms with Crippen molar-refractivity contribution in [2.45, 2.75) is 37.6 Å². The number of nitrogens with zero attached hydrogens (tertiary/aromatic N) is 3. The summed E-state index contributed by atoms with van der Waals surface area (Å²) in [5, 5.41) is 0.709. The van der Waals surface area contributed by atoms with Crippen LogP contribution in [0.4, 0.5) is 0 Å². The highest BCUT2D eigenvalue weighted by Gasteiger charge is 2.72. The molecule has 0 N–H and O–H groups in total. The number of hydrogen-bond acceptors (Lipinski definition) is 7. The fourth-order valence-electron chi connectivity index (χ4n) is 4.97. The van der Waals surface area contributed by atoms with Gasteiger partial charge in [-0.25, -0.2) is 4.79 Å². The number of aryl methyl sites for hydroxylation is 1. The predicted octanol–water partition coefficient (Wildman–Crippen LogP) is 1.83. The van der Waals surface area contributed by atoms with Crippen molar-refractivity contribution in [3.63, 3.8) is 0 Å². The van der Waals surface area contributed by atoms with Gasteiger partial charge in [-0.2, -0.15) is 0 Å². The van der Waals surface area contributed by atoms with Crippen molar-refractivity contribution >= 4 is 34.7 Å². The number of imide groups is 1. The number of likely N-dealkylation sites (tertiary alicyclic amines) is 1. The second kappa shape index (κ2) is 7.16. The van der Waals surface area contributed by atoms with Crippen molar-refractivity contribution in [3.8, 4) is 0 Å². The fourth-order valence-corrected chi connectivity index (χ4v) is 6.06. The first-order chi connectivity index (χ1) is 13.9. The molecule has 3 aliphatic rings. The van der Waals surface area contributed by atoms with Crippen LogP contribution in [0, 0.1) is 18.8 Å². The summed E-state index contributed by atoms with van der Waals surface area (Å²) >= 11 is 1.54. The van der Waals surface area contributed by atoms with Gasteiger partial charge in [0, 0.05) is 12.8 Å². The molecule has 0 bridgehead atoms. The maximum absolute atomic E-state index is 13.1. The zero-order valence-electron chi connectivity index (χ0n) is 17.0. The van der Waals surface area contributed by atoms with Crippen molar-refractivity contribution in [2.24, 2.45) is 16.8 Å². The Morgan fingerprint density at radius 1 is 1.28 bits per heavy atom. The number of ether oxygens (including phenoxy) is 1. The first-order valence-corrected chi connectivity index (χ1v) is 10.8. The SMILES string of the molecule is CC[C@]1(C(=O)OC)[C@H]2C(=O)N(C)C(=O)[C@H]2[C@H]2CN=C(SCc3ccc(C)cc3)N21. The van der Waals surface area contributed by atoms with Crippen LogP contribution in [-0.2, 0) is 24.9 Å². The maximum atomic E-state index is 13.1. The fraction of sp³-hybridized carbons (Fsp3) is 0.524. The number of methoxy groups -OCH3 is 1. The van der Waals surface area contributed by atoms with Crippen LogP contribution in [0.1, 0.15) is 24.5 Å². The second-order valence-electron chi connectivity index (χ2n) is 7.84. The summed E-state index contributed by atoms with van der Waals surface area (Å²) < 4.78 is 5.16. The van der Waals surface area contributed by atoms with Gasteiger partial charge >= 0.3 is 5.97 Å². The van der Waals surface area contributed by atoms with Crippen LogP contribution in [0.2, 0.25) is 0 Å². The number of amidine groups is 1. The van der Waals surface area contributed by atoms with Gasteiger partial charge in [0.1, 0.15) is 0 Å². The van der Waals surface area contributed by atoms with Gasteiger partial charge in [-0.05, 0) is 18.9 Å². The number of rotatable bonds is 4. The van der Waals surface area contributed by atoms with Crippen molar-refractivity contribution in [3.05, 3.63) is 35.4 Å². The first kappa shape index (κ1) is 19.9. The third-order valence-electron chi connectivity index (χ3n) is 6.45. The molecular formula is C21H25N3O4S. The average Bonchev–Trinajstić information content (AvgIpc) is 3.34. The first-order valence-electron chi connectivity index (χ1n) is 9.78. The maximum Gasteiger partial charge on any atom is 0.332 e. The molecule has 0 spiro atoms. The second-order valence-corrected chi connectivity index (χ2v) is 8.79. The molecule has 3 aliphatic heterocycles. The molecule has 0 radical (unpaired) electrons. The van der Waals surface area contributed by atoms with E-state index in [4.69, 9.17) is 4.74 Å². The smallest absolute Gasteiger partial charge is 0.332 e. The third-order valence-corrected chi connectivity index (χ3v) is 7.51. The van der Waals surface area contributed by atoms with Gasteiger partial charge in [-0.1, -0.05) is 48.5 Å². The Labute approximate surface area is 174 Å². The molecule has 2 saturated heterocycles. The van der Waals surface area contributed by atoms with Gasteiger partial charge in [0.05, 0.1) is 31.5 Å². The largest absolute Gasteiger partial charge is 0.467 e. The summed E-state index contributed by atoms with van der Waals surface area (Å²) in [6.07, 6.45) is 0.369. The van der Waals surface area contributed by atoms with E-state index >= 15 is 0 Å². The number of hydrogen-bond donors (Lipinski definition) is 0. The van der Waals surface area contributed by atoms with E-state index in [1.165, 1.54) is 31.5 Å². The number of esters is 1. The van der Waals surface area contributed by atoms with Crippen molar-refractivity contribution in [1.29, 1.82) is 0 Å². The molecule has 7 nitrogen and oxygen atoms in total. The molecule has 4 rings (SSSR count). The van der Waals surface area contributed by atoms with E-state index in [0.29, 0.717) is 23.9 Å². The molecule has 0 aliphatic carbocycles. The highest BCUT2D eigenvalue weighted by atomic mass is 32.2. The highest BCUT2D eigenvalue weighted by molar-refractivity contribution is 8.13. The lowest BCUT2D eigenvalue weighted by Crippen LogP contribution is -2.59. The van der Waals surface area contributed by atoms with Gasteiger partial charge in [0.15, 0.2) is 10.7 Å². The van der Waals surface area contributed by atoms with E-state index in [9.17, 15) is 14.4 Å². The summed E-state index contributed by atoms with van der Waals surface area (Å²) in [5.41, 5.74) is 1.15. The molecule has 0 saturated carbocycles. The van der Waals surface area contributed by atoms with Crippen molar-refractivity contribution < 1.29 is 19.1 Å². The van der Waals surface area contributed by atoms with E-state index in [2.05, 4.69) is 29.3 Å². The Morgan fingerprint density at radius 3 is 2.59 bits per heavy atom. The van der Waals surface area contributed by atoms with E-state index in [-0.39, 0.29) is 17.9 Å². The number of aliphatic imine (C=N–C) groups is 1. The molecule has 0 unspecified atom stereocenters. The van der Waals surface area contributed by atoms with Crippen molar-refractivity contribution in [1.82, 2.24) is 9.80 Å². The molecule has 2 fully saturated rings. The summed E-state index contributed by atoms with van der Waals surface area (Å²) in [5.74, 6) is -1.60. The van der Waals surface area contributed by atoms with Gasteiger partial charge < -0.3 is 9.64 Å². The quantitative estimate of drug-likeness (QED) is 0.552. The molecule has 29 heavy (non-hydrogen) atoms. The van der Waals surface area contributed by atoms with E-state index in [1.807, 2.05) is 18.7 Å². The van der Waals surface area contributed by atoms with Crippen LogP contribution >= 0.6 is 11.8 Å². The minimum Gasteiger partial charge on any atom is -0.467 e. The van der Waals surface area contributed by atoms with Crippen LogP contribution in [-0.4, -0.2) is 65.0 Å². The Bertz CT molecular complexity index is 900. The van der Waals surface area contributed by atoms with Crippen LogP contribution in [0.15, 0.2) is 29.3 Å². The normalized spacial score (nSPS) is 30.5. The number of amides is 2. The Morgan fingerprint density at radius 2 is 1.97 bits per heavy atom. The summed E-state index contributed by atoms with van der Waals surface area (Å²) in [7, 11) is 2.83. The lowest BCUT2D eigenvalue weighted by molar-refractivity contribution is -0.158. The zero-order chi connectivity index (χ0) is 20.9. The number of carbonyl (C=O) groups excluding carboxylic acids is 3. The number of benzene rings is 1. The molecule has 8 heteroatoms. The predicted molar refractivity (Wildman–Crippen MR) is 110 cm³/mol. The summed E-state index contributed by atoms with van der Waals surface area (Å²) in [6, 6.07) is 7.98. The molecule has 1 aromatic rings. The molecule has 0 aromatic heterocycles. The highest BCUT2D eigenvalue weighted by Crippen LogP contribution is 2.53. The summed E-state index contributed by atoms with van der Waals surface area (Å²) in [6.45, 7) is 4.32. The molecule has 1 aromatic carbocycles. The lowest BCUT2D eigenvalue weighted by atomic mass is 9.78. The average molecular weight is 416 g/mol.